The molecule has 0 saturated carbocycles. The van der Waals surface area contributed by atoms with Crippen LogP contribution in [-0.2, 0) is 6.54 Å². The molecule has 5 nitrogen and oxygen atoms in total. The van der Waals surface area contributed by atoms with Gasteiger partial charge in [0.05, 0.1) is 7.11 Å². The second-order valence-electron chi connectivity index (χ2n) is 7.21. The summed E-state index contributed by atoms with van der Waals surface area (Å²) in [7, 11) is 1.72. The molecule has 0 aliphatic carbocycles. The van der Waals surface area contributed by atoms with Gasteiger partial charge in [0.25, 0.3) is 0 Å². The van der Waals surface area contributed by atoms with Crippen LogP contribution in [0, 0.1) is 6.92 Å². The fourth-order valence-electron chi connectivity index (χ4n) is 4.04. The van der Waals surface area contributed by atoms with Crippen LogP contribution in [0.5, 0.6) is 5.75 Å². The van der Waals surface area contributed by atoms with Crippen molar-refractivity contribution in [2.45, 2.75) is 32.4 Å². The predicted molar refractivity (Wildman–Crippen MR) is 107 cm³/mol. The van der Waals surface area contributed by atoms with Crippen LogP contribution >= 0.6 is 0 Å². The summed E-state index contributed by atoms with van der Waals surface area (Å²) >= 11 is 0. The lowest BCUT2D eigenvalue weighted by Crippen LogP contribution is -2.36. The Hall–Kier alpha value is -2.66. The van der Waals surface area contributed by atoms with E-state index in [4.69, 9.17) is 9.72 Å². The smallest absolute Gasteiger partial charge is 0.140 e. The van der Waals surface area contributed by atoms with E-state index in [1.54, 1.807) is 7.11 Å². The minimum Gasteiger partial charge on any atom is -0.497 e. The fraction of sp³-hybridized carbons (Fsp3) is 0.364. The number of likely N-dealkylation sites (tertiary alicyclic amines) is 1. The number of ether oxygens (including phenoxy) is 1. The Balaban J connectivity index is 1.54. The number of nitrogens with zero attached hydrogens (tertiary/aromatic N) is 4. The molecule has 1 aliphatic heterocycles. The van der Waals surface area contributed by atoms with Crippen molar-refractivity contribution >= 4 is 0 Å². The number of hydrogen-bond donors (Lipinski definition) is 0. The second kappa shape index (κ2) is 7.92. The van der Waals surface area contributed by atoms with Gasteiger partial charge in [0.1, 0.15) is 11.6 Å². The van der Waals surface area contributed by atoms with Crippen molar-refractivity contribution in [2.24, 2.45) is 0 Å². The molecular formula is C22H26N4O. The van der Waals surface area contributed by atoms with Crippen LogP contribution in [0.25, 0.3) is 11.4 Å². The monoisotopic (exact) mass is 362 g/mol. The molecule has 1 aromatic carbocycles. The zero-order valence-electron chi connectivity index (χ0n) is 16.0. The number of aryl methyl sites for hydroxylation is 1. The number of hydrogen-bond acceptors (Lipinski definition) is 4. The molecule has 4 rings (SSSR count). The molecule has 5 heteroatoms. The van der Waals surface area contributed by atoms with Crippen molar-refractivity contribution in [3.8, 4) is 17.1 Å². The van der Waals surface area contributed by atoms with E-state index in [9.17, 15) is 0 Å². The van der Waals surface area contributed by atoms with Gasteiger partial charge in [0.15, 0.2) is 0 Å². The lowest BCUT2D eigenvalue weighted by atomic mass is 10.0. The molecule has 3 heterocycles. The molecule has 1 fully saturated rings. The molecule has 140 valence electrons. The molecule has 0 N–H and O–H groups in total. The molecule has 0 radical (unpaired) electrons. The molecule has 2 aromatic heterocycles. The minimum atomic E-state index is 0.440. The van der Waals surface area contributed by atoms with Crippen LogP contribution in [-0.4, -0.2) is 39.6 Å². The van der Waals surface area contributed by atoms with Crippen molar-refractivity contribution in [1.82, 2.24) is 19.4 Å². The number of rotatable bonds is 5. The standard InChI is InChI=1S/C22H26N4O/c1-17-14-24-22(19-8-10-23-11-9-19)26(17)20-6-4-12-25(16-20)15-18-5-3-7-21(13-18)27-2/h3,5,7-11,13-14,20H,4,6,12,15-16H2,1-2H3. The minimum absolute atomic E-state index is 0.440. The SMILES string of the molecule is COc1cccc(CN2CCCC(n3c(C)cnc3-c3ccncc3)C2)c1. The molecule has 1 saturated heterocycles. The summed E-state index contributed by atoms with van der Waals surface area (Å²) in [5.41, 5.74) is 3.64. The van der Waals surface area contributed by atoms with E-state index in [1.807, 2.05) is 36.8 Å². The summed E-state index contributed by atoms with van der Waals surface area (Å²) in [5, 5.41) is 0. The van der Waals surface area contributed by atoms with Crippen molar-refractivity contribution < 1.29 is 4.74 Å². The third-order valence-electron chi connectivity index (χ3n) is 5.31. The summed E-state index contributed by atoms with van der Waals surface area (Å²) in [4.78, 5) is 11.4. The third-order valence-corrected chi connectivity index (χ3v) is 5.31. The Morgan fingerprint density at radius 1 is 1.19 bits per heavy atom. The van der Waals surface area contributed by atoms with E-state index in [0.29, 0.717) is 6.04 Å². The lowest BCUT2D eigenvalue weighted by Gasteiger charge is -2.34. The topological polar surface area (TPSA) is 43.2 Å². The summed E-state index contributed by atoms with van der Waals surface area (Å²) in [6, 6.07) is 12.9. The van der Waals surface area contributed by atoms with Crippen LogP contribution < -0.4 is 4.74 Å². The summed E-state index contributed by atoms with van der Waals surface area (Å²) in [6.07, 6.45) is 8.03. The number of aromatic nitrogens is 3. The first-order valence-corrected chi connectivity index (χ1v) is 9.54. The zero-order chi connectivity index (χ0) is 18.6. The molecule has 0 amide bonds. The molecule has 0 spiro atoms. The third kappa shape index (κ3) is 3.88. The molecule has 3 aromatic rings. The maximum Gasteiger partial charge on any atom is 0.140 e. The van der Waals surface area contributed by atoms with Gasteiger partial charge in [-0.2, -0.15) is 0 Å². The first kappa shape index (κ1) is 17.7. The van der Waals surface area contributed by atoms with Gasteiger partial charge < -0.3 is 9.30 Å². The van der Waals surface area contributed by atoms with E-state index >= 15 is 0 Å². The van der Waals surface area contributed by atoms with Crippen LogP contribution in [0.15, 0.2) is 55.0 Å². The lowest BCUT2D eigenvalue weighted by molar-refractivity contribution is 0.170. The highest BCUT2D eigenvalue weighted by atomic mass is 16.5. The van der Waals surface area contributed by atoms with Crippen LogP contribution in [0.4, 0.5) is 0 Å². The fourth-order valence-corrected chi connectivity index (χ4v) is 4.04. The number of pyridine rings is 1. The van der Waals surface area contributed by atoms with E-state index in [0.717, 1.165) is 36.8 Å². The van der Waals surface area contributed by atoms with Gasteiger partial charge in [-0.3, -0.25) is 9.88 Å². The van der Waals surface area contributed by atoms with Crippen LogP contribution in [0.3, 0.4) is 0 Å². The van der Waals surface area contributed by atoms with Crippen molar-refractivity contribution in [3.05, 3.63) is 66.2 Å². The number of imidazole rings is 1. The highest BCUT2D eigenvalue weighted by Gasteiger charge is 2.25. The summed E-state index contributed by atoms with van der Waals surface area (Å²) in [6.45, 7) is 5.27. The quantitative estimate of drug-likeness (QED) is 0.685. The van der Waals surface area contributed by atoms with Gasteiger partial charge in [-0.05, 0) is 56.1 Å². The highest BCUT2D eigenvalue weighted by molar-refractivity contribution is 5.55. The van der Waals surface area contributed by atoms with E-state index in [2.05, 4.69) is 39.6 Å². The van der Waals surface area contributed by atoms with Gasteiger partial charge in [0, 0.05) is 49.0 Å². The van der Waals surface area contributed by atoms with Gasteiger partial charge in [0.2, 0.25) is 0 Å². The average molecular weight is 362 g/mol. The Morgan fingerprint density at radius 3 is 2.85 bits per heavy atom. The Labute approximate surface area is 160 Å². The van der Waals surface area contributed by atoms with Crippen molar-refractivity contribution in [1.29, 1.82) is 0 Å². The van der Waals surface area contributed by atoms with Gasteiger partial charge in [-0.1, -0.05) is 12.1 Å². The zero-order valence-corrected chi connectivity index (χ0v) is 16.0. The summed E-state index contributed by atoms with van der Waals surface area (Å²) in [5.74, 6) is 1.97. The van der Waals surface area contributed by atoms with E-state index in [-0.39, 0.29) is 0 Å². The molecule has 0 bridgehead atoms. The highest BCUT2D eigenvalue weighted by Crippen LogP contribution is 2.30. The molecular weight excluding hydrogens is 336 g/mol. The molecule has 1 aliphatic rings. The predicted octanol–water partition coefficient (Wildman–Crippen LogP) is 4.10. The Bertz CT molecular complexity index is 890. The van der Waals surface area contributed by atoms with Crippen molar-refractivity contribution in [2.75, 3.05) is 20.2 Å². The molecule has 1 unspecified atom stereocenters. The van der Waals surface area contributed by atoms with E-state index in [1.165, 1.54) is 24.1 Å². The largest absolute Gasteiger partial charge is 0.497 e. The average Bonchev–Trinajstić information content (AvgIpc) is 3.10. The number of methoxy groups -OCH3 is 1. The second-order valence-corrected chi connectivity index (χ2v) is 7.21. The Kier molecular flexibility index (Phi) is 5.21. The first-order chi connectivity index (χ1) is 13.2. The normalized spacial score (nSPS) is 17.8. The number of piperidine rings is 1. The maximum absolute atomic E-state index is 5.37. The first-order valence-electron chi connectivity index (χ1n) is 9.54. The van der Waals surface area contributed by atoms with Crippen LogP contribution in [0.2, 0.25) is 0 Å². The van der Waals surface area contributed by atoms with Gasteiger partial charge in [-0.15, -0.1) is 0 Å². The molecule has 27 heavy (non-hydrogen) atoms. The Morgan fingerprint density at radius 2 is 2.04 bits per heavy atom. The van der Waals surface area contributed by atoms with E-state index < -0.39 is 0 Å². The van der Waals surface area contributed by atoms with Crippen molar-refractivity contribution in [3.63, 3.8) is 0 Å². The van der Waals surface area contributed by atoms with Gasteiger partial charge in [-0.25, -0.2) is 4.98 Å². The van der Waals surface area contributed by atoms with Crippen LogP contribution in [0.1, 0.15) is 30.1 Å². The molecule has 1 atom stereocenters. The number of benzene rings is 1. The summed E-state index contributed by atoms with van der Waals surface area (Å²) < 4.78 is 7.78. The van der Waals surface area contributed by atoms with Gasteiger partial charge >= 0.3 is 0 Å². The maximum atomic E-state index is 5.37.